The number of aromatic nitrogens is 3. The predicted molar refractivity (Wildman–Crippen MR) is 116 cm³/mol. The number of benzene rings is 1. The molecule has 152 valence electrons. The minimum atomic E-state index is -0.552. The first-order chi connectivity index (χ1) is 14.6. The van der Waals surface area contributed by atoms with Crippen molar-refractivity contribution in [3.63, 3.8) is 0 Å². The van der Waals surface area contributed by atoms with Gasteiger partial charge in [0.05, 0.1) is 17.7 Å². The van der Waals surface area contributed by atoms with E-state index < -0.39 is 17.5 Å². The summed E-state index contributed by atoms with van der Waals surface area (Å²) in [6, 6.07) is 13.9. The van der Waals surface area contributed by atoms with Gasteiger partial charge in [-0.25, -0.2) is 4.98 Å². The van der Waals surface area contributed by atoms with E-state index in [-0.39, 0.29) is 5.56 Å². The number of pyridine rings is 1. The van der Waals surface area contributed by atoms with Crippen LogP contribution < -0.4 is 15.6 Å². The molecule has 1 amide bonds. The monoisotopic (exact) mass is 420 g/mol. The third-order valence-electron chi connectivity index (χ3n) is 4.76. The van der Waals surface area contributed by atoms with Gasteiger partial charge in [0.2, 0.25) is 0 Å². The molecule has 0 radical (unpaired) electrons. The Balaban J connectivity index is 1.67. The minimum Gasteiger partial charge on any atom is -0.497 e. The molecule has 30 heavy (non-hydrogen) atoms. The van der Waals surface area contributed by atoms with E-state index in [9.17, 15) is 9.59 Å². The molecule has 0 unspecified atom stereocenters. The molecule has 2 N–H and O–H groups in total. The summed E-state index contributed by atoms with van der Waals surface area (Å²) in [6.45, 7) is 0. The average molecular weight is 420 g/mol. The fraction of sp³-hybridized carbons (Fsp3) is 0.136. The lowest BCUT2D eigenvalue weighted by molar-refractivity contribution is 0.0939. The highest BCUT2D eigenvalue weighted by atomic mass is 32.1. The van der Waals surface area contributed by atoms with Crippen LogP contribution >= 0.6 is 11.3 Å². The van der Waals surface area contributed by atoms with E-state index in [1.807, 2.05) is 53.4 Å². The maximum atomic E-state index is 13.0. The molecule has 1 atom stereocenters. The first kappa shape index (κ1) is 19.7. The normalized spacial score (nSPS) is 11.8. The molecule has 0 aliphatic heterocycles. The SMILES string of the molecule is COc1cccc([C@@H](NC(=O)c2ccc(-c3cccs3)[nH]c2=O)c2nccn2C)c1. The van der Waals surface area contributed by atoms with Gasteiger partial charge in [0, 0.05) is 19.4 Å². The first-order valence-corrected chi connectivity index (χ1v) is 10.1. The maximum Gasteiger partial charge on any atom is 0.261 e. The number of aromatic amines is 1. The first-order valence-electron chi connectivity index (χ1n) is 9.26. The van der Waals surface area contributed by atoms with Crippen LogP contribution in [-0.4, -0.2) is 27.6 Å². The summed E-state index contributed by atoms with van der Waals surface area (Å²) in [5.41, 5.74) is 1.07. The highest BCUT2D eigenvalue weighted by Crippen LogP contribution is 2.25. The van der Waals surface area contributed by atoms with Crippen molar-refractivity contribution in [2.75, 3.05) is 7.11 Å². The zero-order chi connectivity index (χ0) is 21.1. The van der Waals surface area contributed by atoms with Crippen molar-refractivity contribution in [3.8, 4) is 16.3 Å². The van der Waals surface area contributed by atoms with Gasteiger partial charge >= 0.3 is 0 Å². The highest BCUT2D eigenvalue weighted by Gasteiger charge is 2.23. The van der Waals surface area contributed by atoms with Gasteiger partial charge in [0.1, 0.15) is 23.2 Å². The van der Waals surface area contributed by atoms with Crippen molar-refractivity contribution in [2.24, 2.45) is 7.05 Å². The van der Waals surface area contributed by atoms with E-state index in [4.69, 9.17) is 4.74 Å². The van der Waals surface area contributed by atoms with Gasteiger partial charge in [-0.05, 0) is 41.3 Å². The van der Waals surface area contributed by atoms with Gasteiger partial charge in [-0.2, -0.15) is 0 Å². The lowest BCUT2D eigenvalue weighted by Crippen LogP contribution is -2.34. The van der Waals surface area contributed by atoms with Crippen LogP contribution in [0.3, 0.4) is 0 Å². The Morgan fingerprint density at radius 2 is 2.10 bits per heavy atom. The molecule has 8 heteroatoms. The number of carbonyl (C=O) groups excluding carboxylic acids is 1. The van der Waals surface area contributed by atoms with E-state index in [2.05, 4.69) is 15.3 Å². The number of imidazole rings is 1. The van der Waals surface area contributed by atoms with Crippen LogP contribution in [0.5, 0.6) is 5.75 Å². The lowest BCUT2D eigenvalue weighted by Gasteiger charge is -2.19. The molecule has 0 aliphatic rings. The van der Waals surface area contributed by atoms with Crippen LogP contribution in [-0.2, 0) is 7.05 Å². The van der Waals surface area contributed by atoms with Gasteiger partial charge in [-0.3, -0.25) is 9.59 Å². The fourth-order valence-corrected chi connectivity index (χ4v) is 3.92. The standard InChI is InChI=1S/C22H20N4O3S/c1-26-11-10-23-20(26)19(14-5-3-6-15(13-14)29-2)25-22(28)16-8-9-17(24-21(16)27)18-7-4-12-30-18/h3-13,19H,1-2H3,(H,24,27)(H,25,28)/t19-/m1/s1. The molecule has 0 spiro atoms. The molecular formula is C22H20N4O3S. The largest absolute Gasteiger partial charge is 0.497 e. The van der Waals surface area contributed by atoms with Crippen LogP contribution in [0.4, 0.5) is 0 Å². The third-order valence-corrected chi connectivity index (χ3v) is 5.66. The number of H-pyrrole nitrogens is 1. The summed E-state index contributed by atoms with van der Waals surface area (Å²) in [4.78, 5) is 33.7. The zero-order valence-electron chi connectivity index (χ0n) is 16.5. The second-order valence-electron chi connectivity index (χ2n) is 6.67. The molecule has 0 saturated heterocycles. The fourth-order valence-electron chi connectivity index (χ4n) is 3.21. The molecule has 0 fully saturated rings. The number of nitrogens with one attached hydrogen (secondary N) is 2. The van der Waals surface area contributed by atoms with Gasteiger partial charge in [-0.1, -0.05) is 18.2 Å². The predicted octanol–water partition coefficient (Wildman–Crippen LogP) is 3.36. The van der Waals surface area contributed by atoms with Crippen molar-refractivity contribution < 1.29 is 9.53 Å². The summed E-state index contributed by atoms with van der Waals surface area (Å²) in [6.07, 6.45) is 3.47. The molecule has 3 heterocycles. The number of hydrogen-bond acceptors (Lipinski definition) is 5. The summed E-state index contributed by atoms with van der Waals surface area (Å²) in [5, 5.41) is 4.87. The van der Waals surface area contributed by atoms with Crippen LogP contribution in [0.25, 0.3) is 10.6 Å². The molecule has 4 aromatic rings. The van der Waals surface area contributed by atoms with Crippen LogP contribution in [0.1, 0.15) is 27.8 Å². The molecule has 4 rings (SSSR count). The number of rotatable bonds is 6. The Kier molecular flexibility index (Phi) is 5.49. The number of nitrogens with zero attached hydrogens (tertiary/aromatic N) is 2. The number of ether oxygens (including phenoxy) is 1. The quantitative estimate of drug-likeness (QED) is 0.501. The Bertz CT molecular complexity index is 1230. The van der Waals surface area contributed by atoms with E-state index in [1.54, 1.807) is 31.6 Å². The minimum absolute atomic E-state index is 0.0393. The van der Waals surface area contributed by atoms with Gasteiger partial charge < -0.3 is 19.6 Å². The van der Waals surface area contributed by atoms with Gasteiger partial charge in [0.25, 0.3) is 11.5 Å². The summed E-state index contributed by atoms with van der Waals surface area (Å²) >= 11 is 1.52. The number of hydrogen-bond donors (Lipinski definition) is 2. The summed E-state index contributed by atoms with van der Waals surface area (Å²) in [7, 11) is 3.44. The smallest absolute Gasteiger partial charge is 0.261 e. The Morgan fingerprint density at radius 1 is 1.23 bits per heavy atom. The number of aryl methyl sites for hydroxylation is 1. The molecule has 1 aromatic carbocycles. The Morgan fingerprint density at radius 3 is 2.77 bits per heavy atom. The van der Waals surface area contributed by atoms with Crippen LogP contribution in [0.2, 0.25) is 0 Å². The average Bonchev–Trinajstić information content (AvgIpc) is 3.44. The Labute approximate surface area is 177 Å². The maximum absolute atomic E-state index is 13.0. The second-order valence-corrected chi connectivity index (χ2v) is 7.62. The van der Waals surface area contributed by atoms with Crippen molar-refractivity contribution in [1.29, 1.82) is 0 Å². The van der Waals surface area contributed by atoms with E-state index in [1.165, 1.54) is 11.3 Å². The molecule has 0 bridgehead atoms. The van der Waals surface area contributed by atoms with Gasteiger partial charge in [-0.15, -0.1) is 11.3 Å². The van der Waals surface area contributed by atoms with Crippen molar-refractivity contribution in [1.82, 2.24) is 19.9 Å². The molecule has 3 aromatic heterocycles. The lowest BCUT2D eigenvalue weighted by atomic mass is 10.0. The molecular weight excluding hydrogens is 400 g/mol. The molecule has 0 aliphatic carbocycles. The van der Waals surface area contributed by atoms with E-state index in [0.29, 0.717) is 17.3 Å². The van der Waals surface area contributed by atoms with E-state index in [0.717, 1.165) is 10.4 Å². The highest BCUT2D eigenvalue weighted by molar-refractivity contribution is 7.13. The topological polar surface area (TPSA) is 89.0 Å². The summed E-state index contributed by atoms with van der Waals surface area (Å²) < 4.78 is 7.14. The third kappa shape index (κ3) is 3.90. The number of methoxy groups -OCH3 is 1. The van der Waals surface area contributed by atoms with Gasteiger partial charge in [0.15, 0.2) is 0 Å². The molecule has 7 nitrogen and oxygen atoms in total. The Hall–Kier alpha value is -3.65. The number of thiophene rings is 1. The van der Waals surface area contributed by atoms with Crippen molar-refractivity contribution in [2.45, 2.75) is 6.04 Å². The van der Waals surface area contributed by atoms with Crippen molar-refractivity contribution >= 4 is 17.2 Å². The number of carbonyl (C=O) groups is 1. The van der Waals surface area contributed by atoms with Crippen LogP contribution in [0.15, 0.2) is 71.1 Å². The number of amides is 1. The van der Waals surface area contributed by atoms with Crippen LogP contribution in [0, 0.1) is 0 Å². The summed E-state index contributed by atoms with van der Waals surface area (Å²) in [5.74, 6) is 0.826. The zero-order valence-corrected chi connectivity index (χ0v) is 17.3. The molecule has 0 saturated carbocycles. The second kappa shape index (κ2) is 8.38. The van der Waals surface area contributed by atoms with E-state index >= 15 is 0 Å². The van der Waals surface area contributed by atoms with Crippen molar-refractivity contribution in [3.05, 3.63) is 93.6 Å².